The molecule has 2 aliphatic carbocycles. The summed E-state index contributed by atoms with van der Waals surface area (Å²) in [7, 11) is 1.61. The maximum absolute atomic E-state index is 14.0. The van der Waals surface area contributed by atoms with Crippen molar-refractivity contribution < 1.29 is 18.3 Å². The summed E-state index contributed by atoms with van der Waals surface area (Å²) in [4.78, 5) is 0. The van der Waals surface area contributed by atoms with Gasteiger partial charge in [-0.25, -0.2) is 8.78 Å². The maximum atomic E-state index is 14.0. The summed E-state index contributed by atoms with van der Waals surface area (Å²) in [5.41, 5.74) is 0.145. The highest BCUT2D eigenvalue weighted by molar-refractivity contribution is 5.26. The van der Waals surface area contributed by atoms with E-state index < -0.39 is 17.8 Å². The number of ether oxygens (including phenoxy) is 2. The van der Waals surface area contributed by atoms with Gasteiger partial charge in [0, 0.05) is 5.92 Å². The Labute approximate surface area is 118 Å². The second-order valence-corrected chi connectivity index (χ2v) is 5.86. The van der Waals surface area contributed by atoms with E-state index in [4.69, 9.17) is 9.47 Å². The average Bonchev–Trinajstić information content (AvgIpc) is 3.07. The van der Waals surface area contributed by atoms with E-state index in [1.54, 1.807) is 7.11 Å². The zero-order valence-electron chi connectivity index (χ0n) is 11.6. The molecule has 110 valence electrons. The quantitative estimate of drug-likeness (QED) is 0.820. The zero-order valence-corrected chi connectivity index (χ0v) is 11.6. The van der Waals surface area contributed by atoms with Crippen LogP contribution in [0.25, 0.3) is 0 Å². The van der Waals surface area contributed by atoms with Crippen LogP contribution in [0.2, 0.25) is 0 Å². The van der Waals surface area contributed by atoms with Crippen molar-refractivity contribution >= 4 is 0 Å². The minimum absolute atomic E-state index is 0.123. The molecule has 0 bridgehead atoms. The Hall–Kier alpha value is -1.16. The van der Waals surface area contributed by atoms with Crippen LogP contribution in [0.4, 0.5) is 8.78 Å². The van der Waals surface area contributed by atoms with E-state index in [1.807, 2.05) is 24.3 Å². The summed E-state index contributed by atoms with van der Waals surface area (Å²) in [6.07, 6.45) is 0.00552. The van der Waals surface area contributed by atoms with Crippen molar-refractivity contribution in [1.82, 2.24) is 0 Å². The van der Waals surface area contributed by atoms with Crippen LogP contribution in [0.15, 0.2) is 24.3 Å². The molecule has 0 aromatic heterocycles. The molecule has 0 radical (unpaired) electrons. The molecule has 0 saturated heterocycles. The van der Waals surface area contributed by atoms with Gasteiger partial charge >= 0.3 is 0 Å². The van der Waals surface area contributed by atoms with Gasteiger partial charge in [-0.2, -0.15) is 0 Å². The van der Waals surface area contributed by atoms with Gasteiger partial charge in [-0.15, -0.1) is 0 Å². The van der Waals surface area contributed by atoms with Gasteiger partial charge in [-0.1, -0.05) is 18.6 Å². The molecule has 0 heterocycles. The number of methoxy groups -OCH3 is 1. The molecule has 0 spiro atoms. The smallest absolute Gasteiger partial charge is 0.118 e. The normalized spacial score (nSPS) is 35.5. The summed E-state index contributed by atoms with van der Waals surface area (Å²) in [6.45, 7) is 0.573. The topological polar surface area (TPSA) is 18.5 Å². The summed E-state index contributed by atoms with van der Waals surface area (Å²) >= 11 is 0. The molecule has 0 aliphatic heterocycles. The van der Waals surface area contributed by atoms with Crippen LogP contribution in [0, 0.1) is 11.3 Å². The zero-order chi connectivity index (χ0) is 14.2. The fraction of sp³-hybridized carbons (Fsp3) is 0.625. The predicted octanol–water partition coefficient (Wildman–Crippen LogP) is 3.69. The highest BCUT2D eigenvalue weighted by Gasteiger charge is 2.71. The van der Waals surface area contributed by atoms with E-state index in [0.29, 0.717) is 13.0 Å². The van der Waals surface area contributed by atoms with Crippen LogP contribution in [-0.2, 0) is 11.3 Å². The van der Waals surface area contributed by atoms with Crippen molar-refractivity contribution in [3.05, 3.63) is 29.8 Å². The van der Waals surface area contributed by atoms with Crippen LogP contribution in [0.1, 0.15) is 24.8 Å². The Kier molecular flexibility index (Phi) is 3.67. The Morgan fingerprint density at radius 2 is 1.95 bits per heavy atom. The summed E-state index contributed by atoms with van der Waals surface area (Å²) < 4.78 is 38.6. The number of fused-ring (bicyclic) bond motifs is 1. The van der Waals surface area contributed by atoms with Crippen molar-refractivity contribution in [3.8, 4) is 5.75 Å². The molecule has 2 aliphatic rings. The molecule has 2 fully saturated rings. The lowest BCUT2D eigenvalue weighted by atomic mass is 9.87. The predicted molar refractivity (Wildman–Crippen MR) is 72.2 cm³/mol. The van der Waals surface area contributed by atoms with Gasteiger partial charge in [0.2, 0.25) is 0 Å². The third-order valence-corrected chi connectivity index (χ3v) is 4.78. The lowest BCUT2D eigenvalue weighted by Gasteiger charge is -2.25. The van der Waals surface area contributed by atoms with Gasteiger partial charge in [0.05, 0.1) is 25.7 Å². The minimum atomic E-state index is -1.05. The summed E-state index contributed by atoms with van der Waals surface area (Å²) in [5, 5.41) is 0. The largest absolute Gasteiger partial charge is 0.497 e. The number of benzene rings is 1. The Bertz CT molecular complexity index is 454. The number of alkyl halides is 2. The molecule has 4 heteroatoms. The first-order valence-electron chi connectivity index (χ1n) is 7.17. The van der Waals surface area contributed by atoms with Crippen LogP contribution < -0.4 is 4.74 Å². The molecule has 20 heavy (non-hydrogen) atoms. The lowest BCUT2D eigenvalue weighted by Crippen LogP contribution is -2.29. The second kappa shape index (κ2) is 5.32. The Morgan fingerprint density at radius 3 is 2.60 bits per heavy atom. The first kappa shape index (κ1) is 13.8. The number of hydrogen-bond donors (Lipinski definition) is 0. The first-order valence-corrected chi connectivity index (χ1v) is 7.17. The number of rotatable bonds is 5. The van der Waals surface area contributed by atoms with E-state index in [-0.39, 0.29) is 12.5 Å². The van der Waals surface area contributed by atoms with Gasteiger partial charge in [0.15, 0.2) is 0 Å². The molecule has 1 aromatic rings. The molecule has 3 rings (SSSR count). The van der Waals surface area contributed by atoms with Crippen molar-refractivity contribution in [1.29, 1.82) is 0 Å². The maximum Gasteiger partial charge on any atom is 0.118 e. The van der Waals surface area contributed by atoms with Crippen molar-refractivity contribution in [3.63, 3.8) is 0 Å². The molecule has 4 atom stereocenters. The highest BCUT2D eigenvalue weighted by Crippen LogP contribution is 2.64. The molecule has 2 saturated carbocycles. The van der Waals surface area contributed by atoms with Crippen LogP contribution in [0.3, 0.4) is 0 Å². The Morgan fingerprint density at radius 1 is 1.20 bits per heavy atom. The summed E-state index contributed by atoms with van der Waals surface area (Å²) in [5.74, 6) is 0.664. The van der Waals surface area contributed by atoms with Crippen molar-refractivity contribution in [2.45, 2.75) is 38.2 Å². The number of halogens is 2. The van der Waals surface area contributed by atoms with Gasteiger partial charge in [0.25, 0.3) is 0 Å². The average molecular weight is 282 g/mol. The van der Waals surface area contributed by atoms with Crippen molar-refractivity contribution in [2.24, 2.45) is 11.3 Å². The molecule has 0 N–H and O–H groups in total. The van der Waals surface area contributed by atoms with E-state index >= 15 is 0 Å². The monoisotopic (exact) mass is 282 g/mol. The first-order chi connectivity index (χ1) is 9.68. The molecular formula is C16H20F2O2. The van der Waals surface area contributed by atoms with E-state index in [1.165, 1.54) is 0 Å². The van der Waals surface area contributed by atoms with Crippen LogP contribution in [-0.4, -0.2) is 26.1 Å². The lowest BCUT2D eigenvalue weighted by molar-refractivity contribution is 0.0121. The fourth-order valence-electron chi connectivity index (χ4n) is 3.44. The standard InChI is InChI=1S/C16H20F2O2/c1-19-12-7-5-11(6-8-12)9-20-10-16-13(15(16)18)3-2-4-14(16)17/h5-8,13-15H,2-4,9-10H2,1H3. The third-order valence-electron chi connectivity index (χ3n) is 4.78. The Balaban J connectivity index is 1.54. The van der Waals surface area contributed by atoms with Crippen LogP contribution >= 0.6 is 0 Å². The SMILES string of the molecule is COc1ccc(COCC23C(F)CCCC2C3F)cc1. The number of hydrogen-bond acceptors (Lipinski definition) is 2. The van der Waals surface area contributed by atoms with Crippen LogP contribution in [0.5, 0.6) is 5.75 Å². The van der Waals surface area contributed by atoms with Crippen molar-refractivity contribution in [2.75, 3.05) is 13.7 Å². The van der Waals surface area contributed by atoms with Gasteiger partial charge in [-0.05, 0) is 30.5 Å². The molecule has 1 aromatic carbocycles. The van der Waals surface area contributed by atoms with E-state index in [2.05, 4.69) is 0 Å². The molecule has 4 unspecified atom stereocenters. The fourth-order valence-corrected chi connectivity index (χ4v) is 3.44. The van der Waals surface area contributed by atoms with Gasteiger partial charge in [-0.3, -0.25) is 0 Å². The molecule has 2 nitrogen and oxygen atoms in total. The molecular weight excluding hydrogens is 262 g/mol. The molecule has 0 amide bonds. The van der Waals surface area contributed by atoms with Gasteiger partial charge in [0.1, 0.15) is 18.1 Å². The second-order valence-electron chi connectivity index (χ2n) is 5.86. The van der Waals surface area contributed by atoms with E-state index in [0.717, 1.165) is 24.2 Å². The summed E-state index contributed by atoms with van der Waals surface area (Å²) in [6, 6.07) is 7.52. The highest BCUT2D eigenvalue weighted by atomic mass is 19.1. The van der Waals surface area contributed by atoms with E-state index in [9.17, 15) is 8.78 Å². The van der Waals surface area contributed by atoms with Gasteiger partial charge < -0.3 is 9.47 Å². The third kappa shape index (κ3) is 2.20. The minimum Gasteiger partial charge on any atom is -0.497 e.